The molecule has 0 spiro atoms. The van der Waals surface area contributed by atoms with Gasteiger partial charge in [0.2, 0.25) is 10.0 Å². The van der Waals surface area contributed by atoms with E-state index in [1.807, 2.05) is 37.4 Å². The molecule has 2 aromatic heterocycles. The van der Waals surface area contributed by atoms with Crippen LogP contribution in [0.1, 0.15) is 58.9 Å². The van der Waals surface area contributed by atoms with Crippen molar-refractivity contribution in [2.24, 2.45) is 7.05 Å². The fourth-order valence-electron chi connectivity index (χ4n) is 5.24. The lowest BCUT2D eigenvalue weighted by molar-refractivity contribution is 0.0695. The number of hydrogen-bond donors (Lipinski definition) is 1. The van der Waals surface area contributed by atoms with Gasteiger partial charge in [0, 0.05) is 31.6 Å². The Morgan fingerprint density at radius 1 is 1.15 bits per heavy atom. The molecule has 0 bridgehead atoms. The van der Waals surface area contributed by atoms with Crippen LogP contribution in [-0.2, 0) is 23.6 Å². The number of aromatic carboxylic acids is 1. The van der Waals surface area contributed by atoms with Crippen LogP contribution in [0.2, 0.25) is 0 Å². The Bertz CT molecular complexity index is 1660. The molecule has 4 aromatic rings. The number of carboxylic acids is 1. The molecular formula is C27H28N6O5S. The van der Waals surface area contributed by atoms with Crippen molar-refractivity contribution in [2.75, 3.05) is 6.54 Å². The normalized spacial score (nSPS) is 22.1. The summed E-state index contributed by atoms with van der Waals surface area (Å²) in [6.07, 6.45) is 4.34. The molecule has 1 fully saturated rings. The summed E-state index contributed by atoms with van der Waals surface area (Å²) in [6, 6.07) is 14.1. The second-order valence-corrected chi connectivity index (χ2v) is 11.9. The molecule has 39 heavy (non-hydrogen) atoms. The second-order valence-electron chi connectivity index (χ2n) is 9.99. The fraction of sp³-hybridized carbons (Fsp3) is 0.333. The Balaban J connectivity index is 1.33. The maximum atomic E-state index is 13.6. The number of hydrogen-bond acceptors (Lipinski definition) is 7. The molecule has 202 valence electrons. The number of aromatic nitrogens is 5. The van der Waals surface area contributed by atoms with Crippen LogP contribution in [0.5, 0.6) is 5.75 Å². The quantitative estimate of drug-likeness (QED) is 0.372. The maximum absolute atomic E-state index is 13.6. The van der Waals surface area contributed by atoms with Gasteiger partial charge >= 0.3 is 5.97 Å². The van der Waals surface area contributed by atoms with Crippen molar-refractivity contribution in [1.82, 2.24) is 29.1 Å². The third kappa shape index (κ3) is 4.59. The van der Waals surface area contributed by atoms with Crippen LogP contribution in [0.25, 0.3) is 5.69 Å². The van der Waals surface area contributed by atoms with Crippen LogP contribution in [0.3, 0.4) is 0 Å². The van der Waals surface area contributed by atoms with E-state index in [0.717, 1.165) is 17.7 Å². The van der Waals surface area contributed by atoms with Crippen LogP contribution >= 0.6 is 0 Å². The summed E-state index contributed by atoms with van der Waals surface area (Å²) in [4.78, 5) is 12.2. The number of benzene rings is 2. The SMILES string of the molecule is CC[C@@H]1CN(Cc2cccc(-n3ncc(C(=O)O)c3[C@@H]3C[C@H]3c3cn(C)nn3)c2)S(=O)(=O)c2ccccc2O1. The van der Waals surface area contributed by atoms with Gasteiger partial charge in [-0.2, -0.15) is 9.40 Å². The maximum Gasteiger partial charge on any atom is 0.339 e. The van der Waals surface area contributed by atoms with Crippen LogP contribution in [0, 0.1) is 0 Å². The Morgan fingerprint density at radius 3 is 2.72 bits per heavy atom. The molecule has 0 amide bonds. The molecule has 0 radical (unpaired) electrons. The molecule has 0 unspecified atom stereocenters. The summed E-state index contributed by atoms with van der Waals surface area (Å²) in [5, 5.41) is 22.5. The van der Waals surface area contributed by atoms with Gasteiger partial charge in [0.05, 0.1) is 29.8 Å². The van der Waals surface area contributed by atoms with Crippen molar-refractivity contribution in [3.63, 3.8) is 0 Å². The third-order valence-corrected chi connectivity index (χ3v) is 9.17. The number of aryl methyl sites for hydroxylation is 1. The van der Waals surface area contributed by atoms with Crippen LogP contribution in [0.4, 0.5) is 0 Å². The minimum Gasteiger partial charge on any atom is -0.488 e. The minimum atomic E-state index is -3.80. The van der Waals surface area contributed by atoms with E-state index in [0.29, 0.717) is 23.6 Å². The van der Waals surface area contributed by atoms with E-state index >= 15 is 0 Å². The highest BCUT2D eigenvalue weighted by Crippen LogP contribution is 2.55. The number of carboxylic acid groups (broad SMARTS) is 1. The first-order chi connectivity index (χ1) is 18.8. The number of nitrogens with zero attached hydrogens (tertiary/aromatic N) is 6. The predicted molar refractivity (Wildman–Crippen MR) is 140 cm³/mol. The third-order valence-electron chi connectivity index (χ3n) is 7.32. The zero-order chi connectivity index (χ0) is 27.3. The number of para-hydroxylation sites is 1. The molecule has 0 saturated heterocycles. The van der Waals surface area contributed by atoms with Gasteiger partial charge in [-0.1, -0.05) is 36.4 Å². The molecule has 3 heterocycles. The van der Waals surface area contributed by atoms with E-state index in [2.05, 4.69) is 15.4 Å². The zero-order valence-corrected chi connectivity index (χ0v) is 22.3. The highest BCUT2D eigenvalue weighted by atomic mass is 32.2. The van der Waals surface area contributed by atoms with E-state index in [-0.39, 0.29) is 41.5 Å². The van der Waals surface area contributed by atoms with Gasteiger partial charge < -0.3 is 9.84 Å². The summed E-state index contributed by atoms with van der Waals surface area (Å²) in [7, 11) is -2.00. The number of carbonyl (C=O) groups is 1. The molecular weight excluding hydrogens is 520 g/mol. The van der Waals surface area contributed by atoms with Crippen molar-refractivity contribution in [2.45, 2.75) is 49.1 Å². The van der Waals surface area contributed by atoms with E-state index in [1.54, 1.807) is 40.7 Å². The van der Waals surface area contributed by atoms with Crippen LogP contribution in [-0.4, -0.2) is 61.2 Å². The lowest BCUT2D eigenvalue weighted by atomic mass is 10.1. The summed E-state index contributed by atoms with van der Waals surface area (Å²) < 4.78 is 38.0. The van der Waals surface area contributed by atoms with Crippen molar-refractivity contribution >= 4 is 16.0 Å². The average Bonchev–Trinajstić information content (AvgIpc) is 3.40. The van der Waals surface area contributed by atoms with Gasteiger partial charge in [-0.05, 0) is 42.7 Å². The van der Waals surface area contributed by atoms with E-state index < -0.39 is 16.0 Å². The molecule has 6 rings (SSSR count). The molecule has 2 aliphatic rings. The van der Waals surface area contributed by atoms with E-state index in [1.165, 1.54) is 10.5 Å². The zero-order valence-electron chi connectivity index (χ0n) is 21.5. The molecule has 1 aliphatic carbocycles. The highest BCUT2D eigenvalue weighted by Gasteiger charge is 2.46. The molecule has 11 nitrogen and oxygen atoms in total. The monoisotopic (exact) mass is 548 g/mol. The highest BCUT2D eigenvalue weighted by molar-refractivity contribution is 7.89. The van der Waals surface area contributed by atoms with Gasteiger partial charge in [-0.3, -0.25) is 4.68 Å². The second kappa shape index (κ2) is 9.62. The standard InChI is InChI=1S/C27H28N6O5S/c1-3-19-15-32(39(36,37)25-10-5-4-9-24(25)38-19)14-17-7-6-8-18(11-17)33-26(22(13-28-33)27(34)35)21-12-20(21)23-16-31(2)30-29-23/h4-11,13,16,19-21H,3,12,14-15H2,1-2H3,(H,34,35)/t19-,20-,21-/m1/s1. The average molecular weight is 549 g/mol. The summed E-state index contributed by atoms with van der Waals surface area (Å²) >= 11 is 0. The summed E-state index contributed by atoms with van der Waals surface area (Å²) in [6.45, 7) is 2.32. The Hall–Kier alpha value is -4.03. The molecule has 1 saturated carbocycles. The van der Waals surface area contributed by atoms with Crippen LogP contribution < -0.4 is 4.74 Å². The molecule has 12 heteroatoms. The smallest absolute Gasteiger partial charge is 0.339 e. The predicted octanol–water partition coefficient (Wildman–Crippen LogP) is 3.33. The van der Waals surface area contributed by atoms with Crippen molar-refractivity contribution in [3.05, 3.63) is 83.4 Å². The summed E-state index contributed by atoms with van der Waals surface area (Å²) in [5.41, 5.74) is 2.98. The number of fused-ring (bicyclic) bond motifs is 1. The minimum absolute atomic E-state index is 0.0590. The Morgan fingerprint density at radius 2 is 1.97 bits per heavy atom. The Labute approximate surface area is 225 Å². The topological polar surface area (TPSA) is 132 Å². The molecule has 1 N–H and O–H groups in total. The van der Waals surface area contributed by atoms with Gasteiger partial charge in [0.25, 0.3) is 0 Å². The first-order valence-corrected chi connectivity index (χ1v) is 14.2. The number of sulfonamides is 1. The van der Waals surface area contributed by atoms with Crippen molar-refractivity contribution < 1.29 is 23.1 Å². The van der Waals surface area contributed by atoms with Crippen LogP contribution in [0.15, 0.2) is 65.8 Å². The molecule has 3 atom stereocenters. The molecule has 2 aromatic carbocycles. The lowest BCUT2D eigenvalue weighted by Gasteiger charge is -2.22. The summed E-state index contributed by atoms with van der Waals surface area (Å²) in [5.74, 6) is -0.685. The van der Waals surface area contributed by atoms with Gasteiger partial charge in [-0.25, -0.2) is 17.9 Å². The van der Waals surface area contributed by atoms with E-state index in [9.17, 15) is 18.3 Å². The van der Waals surface area contributed by atoms with E-state index in [4.69, 9.17) is 4.74 Å². The Kier molecular flexibility index (Phi) is 6.23. The number of rotatable bonds is 7. The first kappa shape index (κ1) is 25.3. The first-order valence-electron chi connectivity index (χ1n) is 12.8. The van der Waals surface area contributed by atoms with Crippen molar-refractivity contribution in [3.8, 4) is 11.4 Å². The van der Waals surface area contributed by atoms with Gasteiger partial charge in [0.1, 0.15) is 22.3 Å². The fourth-order valence-corrected chi connectivity index (χ4v) is 6.82. The largest absolute Gasteiger partial charge is 0.488 e. The molecule has 1 aliphatic heterocycles. The van der Waals surface area contributed by atoms with Gasteiger partial charge in [0.15, 0.2) is 0 Å². The van der Waals surface area contributed by atoms with Gasteiger partial charge in [-0.15, -0.1) is 5.10 Å². The van der Waals surface area contributed by atoms with Crippen molar-refractivity contribution in [1.29, 1.82) is 0 Å². The lowest BCUT2D eigenvalue weighted by Crippen LogP contribution is -2.36. The number of ether oxygens (including phenoxy) is 1.